The van der Waals surface area contributed by atoms with E-state index in [1.54, 1.807) is 30.3 Å². The minimum absolute atomic E-state index is 0.273. The van der Waals surface area contributed by atoms with Crippen LogP contribution in [0.5, 0.6) is 0 Å². The number of carbonyl (C=O) groups is 2. The number of anilines is 1. The predicted octanol–water partition coefficient (Wildman–Crippen LogP) is 3.90. The standard InChI is InChI=1S/C18H11Cl2NO5/c19-13-6-5-11(8-14(13)20)21-16(22)9-25-17(23)12-7-10-3-1-2-4-15(10)26-18(12)24/h1-8H,9H2,(H,21,22). The van der Waals surface area contributed by atoms with Crippen LogP contribution < -0.4 is 10.9 Å². The van der Waals surface area contributed by atoms with Crippen LogP contribution in [0.2, 0.25) is 10.0 Å². The summed E-state index contributed by atoms with van der Waals surface area (Å²) in [5.74, 6) is -1.55. The van der Waals surface area contributed by atoms with Crippen molar-refractivity contribution in [2.45, 2.75) is 0 Å². The molecule has 0 aliphatic rings. The summed E-state index contributed by atoms with van der Waals surface area (Å²) in [7, 11) is 0. The summed E-state index contributed by atoms with van der Waals surface area (Å²) in [6.45, 7) is -0.578. The summed E-state index contributed by atoms with van der Waals surface area (Å²) in [6.07, 6.45) is 0. The first-order valence-electron chi connectivity index (χ1n) is 7.39. The molecule has 1 amide bonds. The molecule has 6 nitrogen and oxygen atoms in total. The van der Waals surface area contributed by atoms with Crippen molar-refractivity contribution < 1.29 is 18.7 Å². The van der Waals surface area contributed by atoms with E-state index in [1.807, 2.05) is 0 Å². The molecule has 0 aliphatic heterocycles. The number of hydrogen-bond acceptors (Lipinski definition) is 5. The van der Waals surface area contributed by atoms with Gasteiger partial charge in [0.2, 0.25) is 0 Å². The highest BCUT2D eigenvalue weighted by Gasteiger charge is 2.16. The first kappa shape index (κ1) is 18.0. The van der Waals surface area contributed by atoms with Gasteiger partial charge in [-0.05, 0) is 30.3 Å². The van der Waals surface area contributed by atoms with Gasteiger partial charge in [0, 0.05) is 11.1 Å². The van der Waals surface area contributed by atoms with Crippen LogP contribution in [-0.4, -0.2) is 18.5 Å². The second kappa shape index (κ2) is 7.59. The maximum atomic E-state index is 12.1. The molecule has 3 rings (SSSR count). The lowest BCUT2D eigenvalue weighted by molar-refractivity contribution is -0.119. The SMILES string of the molecule is O=C(COC(=O)c1cc2ccccc2oc1=O)Nc1ccc(Cl)c(Cl)c1. The Morgan fingerprint density at radius 2 is 1.81 bits per heavy atom. The number of amides is 1. The van der Waals surface area contributed by atoms with Gasteiger partial charge in [0.15, 0.2) is 6.61 Å². The molecule has 3 aromatic rings. The topological polar surface area (TPSA) is 85.6 Å². The van der Waals surface area contributed by atoms with E-state index in [-0.39, 0.29) is 10.6 Å². The first-order chi connectivity index (χ1) is 12.4. The van der Waals surface area contributed by atoms with E-state index in [9.17, 15) is 14.4 Å². The van der Waals surface area contributed by atoms with Gasteiger partial charge < -0.3 is 14.5 Å². The maximum Gasteiger partial charge on any atom is 0.351 e. The third-order valence-electron chi connectivity index (χ3n) is 3.40. The maximum absolute atomic E-state index is 12.1. The Kier molecular flexibility index (Phi) is 5.25. The zero-order valence-electron chi connectivity index (χ0n) is 13.1. The zero-order valence-corrected chi connectivity index (χ0v) is 14.6. The van der Waals surface area contributed by atoms with Crippen molar-refractivity contribution in [1.29, 1.82) is 0 Å². The van der Waals surface area contributed by atoms with Crippen molar-refractivity contribution >= 4 is 51.7 Å². The van der Waals surface area contributed by atoms with Crippen LogP contribution in [0.15, 0.2) is 57.7 Å². The summed E-state index contributed by atoms with van der Waals surface area (Å²) < 4.78 is 9.93. The largest absolute Gasteiger partial charge is 0.452 e. The normalized spacial score (nSPS) is 10.5. The Morgan fingerprint density at radius 1 is 1.04 bits per heavy atom. The predicted molar refractivity (Wildman–Crippen MR) is 97.9 cm³/mol. The third-order valence-corrected chi connectivity index (χ3v) is 4.14. The van der Waals surface area contributed by atoms with Crippen molar-refractivity contribution in [1.82, 2.24) is 0 Å². The molecule has 26 heavy (non-hydrogen) atoms. The number of halogens is 2. The fraction of sp³-hybridized carbons (Fsp3) is 0.0556. The van der Waals surface area contributed by atoms with Gasteiger partial charge in [0.1, 0.15) is 11.1 Å². The second-order valence-electron chi connectivity index (χ2n) is 5.24. The number of benzene rings is 2. The molecule has 2 aromatic carbocycles. The van der Waals surface area contributed by atoms with E-state index in [0.29, 0.717) is 21.7 Å². The number of nitrogens with one attached hydrogen (secondary N) is 1. The van der Waals surface area contributed by atoms with Crippen molar-refractivity contribution in [3.05, 3.63) is 74.6 Å². The van der Waals surface area contributed by atoms with E-state index in [4.69, 9.17) is 32.4 Å². The molecule has 0 aliphatic carbocycles. The summed E-state index contributed by atoms with van der Waals surface area (Å²) in [5.41, 5.74) is -0.373. The number of esters is 1. The monoisotopic (exact) mass is 391 g/mol. The minimum Gasteiger partial charge on any atom is -0.452 e. The van der Waals surface area contributed by atoms with E-state index < -0.39 is 24.1 Å². The van der Waals surface area contributed by atoms with Gasteiger partial charge in [-0.1, -0.05) is 41.4 Å². The van der Waals surface area contributed by atoms with Crippen LogP contribution in [-0.2, 0) is 9.53 Å². The molecule has 0 atom stereocenters. The summed E-state index contributed by atoms with van der Waals surface area (Å²) in [4.78, 5) is 35.8. The average Bonchev–Trinajstić information content (AvgIpc) is 2.62. The molecule has 8 heteroatoms. The highest BCUT2D eigenvalue weighted by atomic mass is 35.5. The molecular weight excluding hydrogens is 381 g/mol. The highest BCUT2D eigenvalue weighted by Crippen LogP contribution is 2.24. The molecule has 0 fully saturated rings. The highest BCUT2D eigenvalue weighted by molar-refractivity contribution is 6.42. The molecule has 1 N–H and O–H groups in total. The number of carbonyl (C=O) groups excluding carboxylic acids is 2. The molecule has 0 radical (unpaired) electrons. The van der Waals surface area contributed by atoms with Gasteiger partial charge in [-0.15, -0.1) is 0 Å². The molecule has 132 valence electrons. The van der Waals surface area contributed by atoms with E-state index in [0.717, 1.165) is 0 Å². The van der Waals surface area contributed by atoms with Gasteiger partial charge in [0.25, 0.3) is 5.91 Å². The molecule has 0 saturated carbocycles. The molecule has 0 unspecified atom stereocenters. The fourth-order valence-corrected chi connectivity index (χ4v) is 2.48. The van der Waals surface area contributed by atoms with E-state index in [1.165, 1.54) is 18.2 Å². The molecule has 1 heterocycles. The molecular formula is C18H11Cl2NO5. The Hall–Kier alpha value is -2.83. The molecule has 0 spiro atoms. The van der Waals surface area contributed by atoms with Crippen LogP contribution in [0, 0.1) is 0 Å². The molecule has 1 aromatic heterocycles. The van der Waals surface area contributed by atoms with Gasteiger partial charge >= 0.3 is 11.6 Å². The quantitative estimate of drug-likeness (QED) is 0.538. The smallest absolute Gasteiger partial charge is 0.351 e. The number of para-hydroxylation sites is 1. The minimum atomic E-state index is -0.950. The lowest BCUT2D eigenvalue weighted by Gasteiger charge is -2.07. The number of hydrogen-bond donors (Lipinski definition) is 1. The Morgan fingerprint density at radius 3 is 2.58 bits per heavy atom. The van der Waals surface area contributed by atoms with E-state index in [2.05, 4.69) is 5.32 Å². The third kappa shape index (κ3) is 4.04. The van der Waals surface area contributed by atoms with Gasteiger partial charge in [-0.3, -0.25) is 4.79 Å². The van der Waals surface area contributed by atoms with Crippen LogP contribution in [0.4, 0.5) is 5.69 Å². The Labute approximate surface area is 157 Å². The number of ether oxygens (including phenoxy) is 1. The van der Waals surface area contributed by atoms with Gasteiger partial charge in [0.05, 0.1) is 10.0 Å². The average molecular weight is 392 g/mol. The summed E-state index contributed by atoms with van der Waals surface area (Å²) >= 11 is 11.6. The van der Waals surface area contributed by atoms with Crippen LogP contribution in [0.3, 0.4) is 0 Å². The van der Waals surface area contributed by atoms with Gasteiger partial charge in [-0.2, -0.15) is 0 Å². The van der Waals surface area contributed by atoms with Crippen molar-refractivity contribution in [3.8, 4) is 0 Å². The van der Waals surface area contributed by atoms with E-state index >= 15 is 0 Å². The fourth-order valence-electron chi connectivity index (χ4n) is 2.18. The second-order valence-corrected chi connectivity index (χ2v) is 6.05. The van der Waals surface area contributed by atoms with Crippen molar-refractivity contribution in [2.24, 2.45) is 0 Å². The lowest BCUT2D eigenvalue weighted by atomic mass is 10.2. The number of fused-ring (bicyclic) bond motifs is 1. The summed E-state index contributed by atoms with van der Waals surface area (Å²) in [5, 5.41) is 3.69. The zero-order chi connectivity index (χ0) is 18.7. The number of rotatable bonds is 4. The Bertz CT molecular complexity index is 1060. The first-order valence-corrected chi connectivity index (χ1v) is 8.14. The Balaban J connectivity index is 1.66. The van der Waals surface area contributed by atoms with Crippen LogP contribution >= 0.6 is 23.2 Å². The van der Waals surface area contributed by atoms with Crippen LogP contribution in [0.25, 0.3) is 11.0 Å². The molecule has 0 saturated heterocycles. The van der Waals surface area contributed by atoms with Crippen LogP contribution in [0.1, 0.15) is 10.4 Å². The van der Waals surface area contributed by atoms with Crippen molar-refractivity contribution in [2.75, 3.05) is 11.9 Å². The molecule has 0 bridgehead atoms. The van der Waals surface area contributed by atoms with Crippen molar-refractivity contribution in [3.63, 3.8) is 0 Å². The summed E-state index contributed by atoms with van der Waals surface area (Å²) in [6, 6.07) is 12.6. The van der Waals surface area contributed by atoms with Gasteiger partial charge in [-0.25, -0.2) is 9.59 Å². The lowest BCUT2D eigenvalue weighted by Crippen LogP contribution is -2.23.